The van der Waals surface area contributed by atoms with Gasteiger partial charge in [0.1, 0.15) is 17.9 Å². The van der Waals surface area contributed by atoms with E-state index in [1.807, 2.05) is 11.8 Å². The molecular weight excluding hydrogens is 366 g/mol. The maximum atomic E-state index is 12.6. The zero-order valence-corrected chi connectivity index (χ0v) is 15.1. The van der Waals surface area contributed by atoms with Crippen LogP contribution < -0.4 is 4.90 Å². The van der Waals surface area contributed by atoms with Crippen LogP contribution in [-0.4, -0.2) is 42.1 Å². The fourth-order valence-electron chi connectivity index (χ4n) is 2.84. The third kappa shape index (κ3) is 3.26. The van der Waals surface area contributed by atoms with Crippen LogP contribution in [0.25, 0.3) is 0 Å². The number of thiophene rings is 1. The van der Waals surface area contributed by atoms with E-state index in [1.165, 1.54) is 13.6 Å². The van der Waals surface area contributed by atoms with Gasteiger partial charge in [-0.1, -0.05) is 5.16 Å². The van der Waals surface area contributed by atoms with E-state index in [2.05, 4.69) is 33.2 Å². The minimum atomic E-state index is 0.0502. The molecule has 1 N–H and O–H groups in total. The molecule has 0 atom stereocenters. The Morgan fingerprint density at radius 2 is 2.14 bits per heavy atom. The number of aromatic nitrogens is 1. The van der Waals surface area contributed by atoms with Crippen LogP contribution >= 0.6 is 27.3 Å². The number of carbonyl (C=O) groups is 1. The predicted octanol–water partition coefficient (Wildman–Crippen LogP) is 1.66. The molecule has 2 aromatic rings. The van der Waals surface area contributed by atoms with E-state index in [4.69, 9.17) is 4.52 Å². The summed E-state index contributed by atoms with van der Waals surface area (Å²) in [5, 5.41) is 3.87. The van der Waals surface area contributed by atoms with Crippen LogP contribution in [0.1, 0.15) is 26.7 Å². The van der Waals surface area contributed by atoms with Crippen LogP contribution in [0.3, 0.4) is 0 Å². The molecule has 0 saturated carbocycles. The maximum absolute atomic E-state index is 12.6. The Labute approximate surface area is 142 Å². The van der Waals surface area contributed by atoms with Crippen molar-refractivity contribution < 1.29 is 14.2 Å². The first kappa shape index (κ1) is 15.7. The highest BCUT2D eigenvalue weighted by Crippen LogP contribution is 2.21. The highest BCUT2D eigenvalue weighted by atomic mass is 79.9. The Hall–Kier alpha value is -1.18. The number of nitrogens with zero attached hydrogens (tertiary/aromatic N) is 2. The number of nitrogens with one attached hydrogen (secondary N) is 1. The summed E-state index contributed by atoms with van der Waals surface area (Å²) in [6.45, 7) is 8.16. The van der Waals surface area contributed by atoms with E-state index in [9.17, 15) is 4.79 Å². The molecule has 3 rings (SSSR count). The molecule has 1 fully saturated rings. The van der Waals surface area contributed by atoms with Crippen molar-refractivity contribution in [1.82, 2.24) is 10.1 Å². The molecule has 1 saturated heterocycles. The third-order valence-electron chi connectivity index (χ3n) is 4.06. The van der Waals surface area contributed by atoms with Gasteiger partial charge in [0, 0.05) is 0 Å². The number of halogens is 1. The monoisotopic (exact) mass is 384 g/mol. The number of rotatable bonds is 3. The first-order valence-electron chi connectivity index (χ1n) is 7.34. The number of carbonyl (C=O) groups excluding carboxylic acids is 1. The van der Waals surface area contributed by atoms with Crippen molar-refractivity contribution in [3.63, 3.8) is 0 Å². The summed E-state index contributed by atoms with van der Waals surface area (Å²) in [7, 11) is 0. The molecule has 1 aliphatic heterocycles. The molecule has 0 unspecified atom stereocenters. The van der Waals surface area contributed by atoms with Crippen LogP contribution in [-0.2, 0) is 6.54 Å². The van der Waals surface area contributed by atoms with Crippen molar-refractivity contribution in [2.45, 2.75) is 20.4 Å². The second-order valence-corrected chi connectivity index (χ2v) is 8.17. The van der Waals surface area contributed by atoms with Gasteiger partial charge in [-0.25, -0.2) is 0 Å². The molecule has 0 aromatic carbocycles. The van der Waals surface area contributed by atoms with Crippen molar-refractivity contribution in [3.05, 3.63) is 37.8 Å². The van der Waals surface area contributed by atoms with E-state index in [1.54, 1.807) is 18.3 Å². The summed E-state index contributed by atoms with van der Waals surface area (Å²) in [4.78, 5) is 17.4. The van der Waals surface area contributed by atoms with Crippen LogP contribution in [0.5, 0.6) is 0 Å². The van der Waals surface area contributed by atoms with Gasteiger partial charge in [0.25, 0.3) is 5.91 Å². The van der Waals surface area contributed by atoms with Gasteiger partial charge in [-0.05, 0) is 41.9 Å². The average molecular weight is 385 g/mol. The van der Waals surface area contributed by atoms with Crippen LogP contribution in [0.15, 0.2) is 20.4 Å². The lowest BCUT2D eigenvalue weighted by Crippen LogP contribution is -3.13. The largest absolute Gasteiger partial charge is 0.361 e. The van der Waals surface area contributed by atoms with Gasteiger partial charge in [0.05, 0.1) is 40.5 Å². The minimum Gasteiger partial charge on any atom is -0.361 e. The van der Waals surface area contributed by atoms with E-state index in [-0.39, 0.29) is 5.91 Å². The van der Waals surface area contributed by atoms with Gasteiger partial charge in [0.15, 0.2) is 0 Å². The molecule has 7 heteroatoms. The molecule has 1 aliphatic rings. The number of hydrogen-bond donors (Lipinski definition) is 1. The third-order valence-corrected chi connectivity index (χ3v) is 5.68. The van der Waals surface area contributed by atoms with Gasteiger partial charge in [0.2, 0.25) is 0 Å². The topological polar surface area (TPSA) is 50.8 Å². The Balaban J connectivity index is 1.58. The van der Waals surface area contributed by atoms with E-state index in [0.29, 0.717) is 17.0 Å². The Morgan fingerprint density at radius 3 is 2.68 bits per heavy atom. The standard InChI is InChI=1S/C15H18BrN3O2S/c1-10-14(11(2)21-17-10)15(20)19-7-5-18(6-8-19)9-12-3-4-13(16)22-12/h3-4H,5-9H2,1-2H3/p+1. The van der Waals surface area contributed by atoms with Crippen molar-refractivity contribution in [2.75, 3.05) is 26.2 Å². The lowest BCUT2D eigenvalue weighted by atomic mass is 10.1. The van der Waals surface area contributed by atoms with Crippen LogP contribution in [0, 0.1) is 13.8 Å². The summed E-state index contributed by atoms with van der Waals surface area (Å²) in [5.74, 6) is 0.662. The summed E-state index contributed by atoms with van der Waals surface area (Å²) < 4.78 is 6.28. The SMILES string of the molecule is Cc1noc(C)c1C(=O)N1CC[NH+](Cc2ccc(Br)s2)CC1. The Kier molecular flexibility index (Phi) is 4.65. The summed E-state index contributed by atoms with van der Waals surface area (Å²) in [5.41, 5.74) is 1.31. The smallest absolute Gasteiger partial charge is 0.259 e. The number of amides is 1. The fourth-order valence-corrected chi connectivity index (χ4v) is 4.40. The normalized spacial score (nSPS) is 16.2. The zero-order chi connectivity index (χ0) is 15.7. The quantitative estimate of drug-likeness (QED) is 0.875. The molecule has 3 heterocycles. The van der Waals surface area contributed by atoms with Crippen molar-refractivity contribution in [1.29, 1.82) is 0 Å². The number of aryl methyl sites for hydroxylation is 2. The first-order chi connectivity index (χ1) is 10.5. The van der Waals surface area contributed by atoms with Crippen molar-refractivity contribution in [2.24, 2.45) is 0 Å². The van der Waals surface area contributed by atoms with Gasteiger partial charge in [-0.3, -0.25) is 4.79 Å². The molecule has 1 amide bonds. The molecule has 2 aromatic heterocycles. The Bertz CT molecular complexity index is 655. The first-order valence-corrected chi connectivity index (χ1v) is 8.95. The molecule has 5 nitrogen and oxygen atoms in total. The molecule has 0 aliphatic carbocycles. The molecule has 0 bridgehead atoms. The fraction of sp³-hybridized carbons (Fsp3) is 0.467. The number of quaternary nitrogens is 1. The summed E-state index contributed by atoms with van der Waals surface area (Å²) in [6, 6.07) is 4.26. The second kappa shape index (κ2) is 6.52. The van der Waals surface area contributed by atoms with Crippen LogP contribution in [0.2, 0.25) is 0 Å². The van der Waals surface area contributed by atoms with Crippen molar-refractivity contribution in [3.8, 4) is 0 Å². The van der Waals surface area contributed by atoms with E-state index in [0.717, 1.165) is 32.7 Å². The lowest BCUT2D eigenvalue weighted by molar-refractivity contribution is -0.917. The molecular formula is C15H19BrN3O2S+. The maximum Gasteiger partial charge on any atom is 0.259 e. The molecule has 0 spiro atoms. The number of piperazine rings is 1. The molecule has 0 radical (unpaired) electrons. The van der Waals surface area contributed by atoms with Gasteiger partial charge in [-0.15, -0.1) is 11.3 Å². The zero-order valence-electron chi connectivity index (χ0n) is 12.7. The highest BCUT2D eigenvalue weighted by molar-refractivity contribution is 9.11. The predicted molar refractivity (Wildman–Crippen MR) is 88.3 cm³/mol. The van der Waals surface area contributed by atoms with E-state index >= 15 is 0 Å². The second-order valence-electron chi connectivity index (χ2n) is 5.62. The highest BCUT2D eigenvalue weighted by Gasteiger charge is 2.28. The van der Waals surface area contributed by atoms with Crippen LogP contribution in [0.4, 0.5) is 0 Å². The molecule has 22 heavy (non-hydrogen) atoms. The van der Waals surface area contributed by atoms with Gasteiger partial charge >= 0.3 is 0 Å². The lowest BCUT2D eigenvalue weighted by Gasteiger charge is -2.32. The summed E-state index contributed by atoms with van der Waals surface area (Å²) in [6.07, 6.45) is 0. The van der Waals surface area contributed by atoms with E-state index < -0.39 is 0 Å². The van der Waals surface area contributed by atoms with Crippen molar-refractivity contribution >= 4 is 33.2 Å². The summed E-state index contributed by atoms with van der Waals surface area (Å²) >= 11 is 5.29. The van der Waals surface area contributed by atoms with Gasteiger partial charge in [-0.2, -0.15) is 0 Å². The average Bonchev–Trinajstić information content (AvgIpc) is 3.05. The van der Waals surface area contributed by atoms with Gasteiger partial charge < -0.3 is 14.3 Å². The number of hydrogen-bond acceptors (Lipinski definition) is 4. The minimum absolute atomic E-state index is 0.0502. The molecule has 118 valence electrons. The Morgan fingerprint density at radius 1 is 1.41 bits per heavy atom.